The van der Waals surface area contributed by atoms with E-state index in [1.165, 1.54) is 6.20 Å². The van der Waals surface area contributed by atoms with E-state index in [9.17, 15) is 14.4 Å². The van der Waals surface area contributed by atoms with E-state index in [1.54, 1.807) is 33.0 Å². The van der Waals surface area contributed by atoms with Gasteiger partial charge in [0.1, 0.15) is 16.9 Å². The predicted molar refractivity (Wildman–Crippen MR) is 134 cm³/mol. The van der Waals surface area contributed by atoms with Gasteiger partial charge in [-0.25, -0.2) is 4.98 Å². The zero-order valence-corrected chi connectivity index (χ0v) is 20.3. The highest BCUT2D eigenvalue weighted by Gasteiger charge is 2.27. The van der Waals surface area contributed by atoms with E-state index in [0.29, 0.717) is 42.5 Å². The first-order valence-electron chi connectivity index (χ1n) is 12.3. The second kappa shape index (κ2) is 9.33. The number of ketones is 1. The summed E-state index contributed by atoms with van der Waals surface area (Å²) in [5.41, 5.74) is 3.01. The Morgan fingerprint density at radius 1 is 1.00 bits per heavy atom. The highest BCUT2D eigenvalue weighted by Crippen LogP contribution is 2.27. The van der Waals surface area contributed by atoms with Crippen molar-refractivity contribution in [2.24, 2.45) is 0 Å². The Hall–Kier alpha value is -2.82. The fourth-order valence-electron chi connectivity index (χ4n) is 5.50. The molecule has 0 amide bonds. The van der Waals surface area contributed by atoms with Gasteiger partial charge in [-0.2, -0.15) is 0 Å². The van der Waals surface area contributed by atoms with Gasteiger partial charge in [-0.05, 0) is 50.6 Å². The molecule has 3 aliphatic rings. The SMILES string of the molecule is O=C1CSc2ccc(CNC3CCN(CC4CCn5c(=O)cnc6ccc(=O)n4c65)CC3)nc2C1. The fraction of sp³-hybridized carbons (Fsp3) is 0.480. The first-order chi connectivity index (χ1) is 17.0. The Bertz CT molecular complexity index is 1400. The molecule has 0 aromatic carbocycles. The fourth-order valence-corrected chi connectivity index (χ4v) is 6.37. The number of carbonyl (C=O) groups excluding carboxylic acids is 1. The van der Waals surface area contributed by atoms with Crippen molar-refractivity contribution in [3.63, 3.8) is 0 Å². The van der Waals surface area contributed by atoms with E-state index >= 15 is 0 Å². The van der Waals surface area contributed by atoms with Gasteiger partial charge in [0.25, 0.3) is 11.1 Å². The smallest absolute Gasteiger partial charge is 0.270 e. The third kappa shape index (κ3) is 4.46. The van der Waals surface area contributed by atoms with Crippen molar-refractivity contribution in [1.82, 2.24) is 29.3 Å². The number of pyridine rings is 2. The second-order valence-electron chi connectivity index (χ2n) is 9.65. The molecular weight excluding hydrogens is 464 g/mol. The van der Waals surface area contributed by atoms with E-state index in [1.807, 2.05) is 0 Å². The summed E-state index contributed by atoms with van der Waals surface area (Å²) < 4.78 is 3.46. The maximum Gasteiger partial charge on any atom is 0.270 e. The number of aryl methyl sites for hydroxylation is 1. The molecule has 1 saturated heterocycles. The number of rotatable bonds is 5. The Kier molecular flexibility index (Phi) is 6.03. The van der Waals surface area contributed by atoms with Crippen molar-refractivity contribution in [3.05, 3.63) is 62.6 Å². The number of likely N-dealkylation sites (tertiary alicyclic amines) is 1. The number of carbonyl (C=O) groups is 1. The van der Waals surface area contributed by atoms with Gasteiger partial charge in [-0.1, -0.05) is 0 Å². The minimum absolute atomic E-state index is 0.0413. The summed E-state index contributed by atoms with van der Waals surface area (Å²) in [5, 5.41) is 3.64. The molecule has 0 bridgehead atoms. The summed E-state index contributed by atoms with van der Waals surface area (Å²) in [6.45, 7) is 4.03. The molecule has 3 aliphatic heterocycles. The van der Waals surface area contributed by atoms with Gasteiger partial charge in [0.05, 0.1) is 35.8 Å². The van der Waals surface area contributed by atoms with Crippen LogP contribution in [0.15, 0.2) is 44.9 Å². The molecule has 1 N–H and O–H groups in total. The second-order valence-corrected chi connectivity index (χ2v) is 10.7. The van der Waals surface area contributed by atoms with E-state index in [0.717, 1.165) is 55.2 Å². The molecule has 182 valence electrons. The number of piperidine rings is 1. The van der Waals surface area contributed by atoms with Gasteiger partial charge in [-0.3, -0.25) is 28.5 Å². The number of nitrogens with one attached hydrogen (secondary N) is 1. The van der Waals surface area contributed by atoms with Gasteiger partial charge in [0, 0.05) is 36.6 Å². The molecule has 0 radical (unpaired) electrons. The zero-order valence-electron chi connectivity index (χ0n) is 19.5. The Balaban J connectivity index is 1.07. The Morgan fingerprint density at radius 3 is 2.71 bits per heavy atom. The van der Waals surface area contributed by atoms with Crippen LogP contribution in [0.5, 0.6) is 0 Å². The largest absolute Gasteiger partial charge is 0.308 e. The first-order valence-corrected chi connectivity index (χ1v) is 13.2. The van der Waals surface area contributed by atoms with E-state index < -0.39 is 0 Å². The van der Waals surface area contributed by atoms with E-state index in [4.69, 9.17) is 4.98 Å². The summed E-state index contributed by atoms with van der Waals surface area (Å²) in [5.74, 6) is 0.799. The molecule has 9 nitrogen and oxygen atoms in total. The lowest BCUT2D eigenvalue weighted by Gasteiger charge is -2.36. The normalized spacial score (nSPS) is 20.8. The van der Waals surface area contributed by atoms with Gasteiger partial charge in [-0.15, -0.1) is 11.8 Å². The number of thioether (sulfide) groups is 1. The summed E-state index contributed by atoms with van der Waals surface area (Å²) in [4.78, 5) is 49.3. The van der Waals surface area contributed by atoms with Crippen molar-refractivity contribution in [1.29, 1.82) is 0 Å². The van der Waals surface area contributed by atoms with Gasteiger partial charge in [0.2, 0.25) is 0 Å². The van der Waals surface area contributed by atoms with Crippen LogP contribution < -0.4 is 16.4 Å². The van der Waals surface area contributed by atoms with Crippen molar-refractivity contribution in [3.8, 4) is 0 Å². The molecule has 6 rings (SSSR count). The van der Waals surface area contributed by atoms with Gasteiger partial charge in [0.15, 0.2) is 0 Å². The minimum atomic E-state index is -0.152. The Labute approximate surface area is 206 Å². The average molecular weight is 493 g/mol. The monoisotopic (exact) mass is 492 g/mol. The minimum Gasteiger partial charge on any atom is -0.308 e. The third-order valence-corrected chi connectivity index (χ3v) is 8.49. The lowest BCUT2D eigenvalue weighted by atomic mass is 10.0. The molecule has 0 saturated carbocycles. The highest BCUT2D eigenvalue weighted by atomic mass is 32.2. The standard InChI is InChI=1S/C25H28N6O3S/c32-19-11-21-22(35-15-19)3-1-17(28-21)12-26-16-5-8-29(9-6-16)14-18-7-10-30-24(34)13-27-20-2-4-23(33)31(18)25(20)30/h1-4,13,16,18,26H,5-12,14-15H2. The Morgan fingerprint density at radius 2 is 1.86 bits per heavy atom. The summed E-state index contributed by atoms with van der Waals surface area (Å²) in [7, 11) is 0. The molecule has 0 aliphatic carbocycles. The van der Waals surface area contributed by atoms with Crippen LogP contribution >= 0.6 is 11.8 Å². The van der Waals surface area contributed by atoms with Crippen molar-refractivity contribution < 1.29 is 4.79 Å². The van der Waals surface area contributed by atoms with Crippen LogP contribution in [-0.4, -0.2) is 61.2 Å². The summed E-state index contributed by atoms with van der Waals surface area (Å²) >= 11 is 1.58. The molecule has 35 heavy (non-hydrogen) atoms. The molecule has 0 spiro atoms. The zero-order chi connectivity index (χ0) is 23.9. The molecule has 6 heterocycles. The molecule has 3 aromatic heterocycles. The molecule has 1 fully saturated rings. The predicted octanol–water partition coefficient (Wildman–Crippen LogP) is 1.37. The van der Waals surface area contributed by atoms with Crippen LogP contribution in [0, 0.1) is 0 Å². The highest BCUT2D eigenvalue weighted by molar-refractivity contribution is 8.00. The number of hydrogen-bond acceptors (Lipinski definition) is 8. The van der Waals surface area contributed by atoms with Crippen molar-refractivity contribution in [2.45, 2.75) is 55.8 Å². The van der Waals surface area contributed by atoms with Gasteiger partial charge < -0.3 is 10.2 Å². The van der Waals surface area contributed by atoms with Crippen LogP contribution in [0.2, 0.25) is 0 Å². The number of nitrogens with zero attached hydrogens (tertiary/aromatic N) is 5. The van der Waals surface area contributed by atoms with Crippen LogP contribution in [0.4, 0.5) is 0 Å². The quantitative estimate of drug-likeness (QED) is 0.570. The van der Waals surface area contributed by atoms with Crippen LogP contribution in [0.25, 0.3) is 11.2 Å². The topological polar surface area (TPSA) is 102 Å². The van der Waals surface area contributed by atoms with Crippen LogP contribution in [0.1, 0.15) is 36.7 Å². The lowest BCUT2D eigenvalue weighted by Crippen LogP contribution is -2.46. The average Bonchev–Trinajstić information content (AvgIpc) is 2.87. The van der Waals surface area contributed by atoms with Crippen LogP contribution in [0.3, 0.4) is 0 Å². The maximum atomic E-state index is 12.8. The number of hydrogen-bond donors (Lipinski definition) is 1. The van der Waals surface area contributed by atoms with Crippen molar-refractivity contribution in [2.75, 3.05) is 25.4 Å². The summed E-state index contributed by atoms with van der Waals surface area (Å²) in [6.07, 6.45) is 4.61. The molecular formula is C25H28N6O3S. The molecule has 3 aromatic rings. The molecule has 10 heteroatoms. The third-order valence-electron chi connectivity index (χ3n) is 7.34. The number of aromatic nitrogens is 4. The molecule has 1 unspecified atom stereocenters. The summed E-state index contributed by atoms with van der Waals surface area (Å²) in [6, 6.07) is 7.87. The van der Waals surface area contributed by atoms with Crippen molar-refractivity contribution >= 4 is 28.7 Å². The number of Topliss-reactive ketones (excluding diaryl/α,β-unsaturated/α-hetero) is 1. The molecule has 1 atom stereocenters. The lowest BCUT2D eigenvalue weighted by molar-refractivity contribution is -0.116. The van der Waals surface area contributed by atoms with Gasteiger partial charge >= 0.3 is 0 Å². The van der Waals surface area contributed by atoms with Crippen LogP contribution in [-0.2, 0) is 24.3 Å². The van der Waals surface area contributed by atoms with E-state index in [2.05, 4.69) is 27.3 Å². The van der Waals surface area contributed by atoms with E-state index in [-0.39, 0.29) is 22.9 Å². The first kappa shape index (κ1) is 22.6. The maximum absolute atomic E-state index is 12.8. The number of fused-ring (bicyclic) bond motifs is 1.